The Morgan fingerprint density at radius 2 is 2.27 bits per heavy atom. The van der Waals surface area contributed by atoms with E-state index < -0.39 is 0 Å². The molecule has 0 spiro atoms. The first-order valence-electron chi connectivity index (χ1n) is 3.43. The SMILES string of the molecule is CCNc1c(F)cccc1Br. The van der Waals surface area contributed by atoms with Gasteiger partial charge in [0.1, 0.15) is 5.82 Å². The number of hydrogen-bond donors (Lipinski definition) is 1. The van der Waals surface area contributed by atoms with E-state index in [0.717, 1.165) is 11.0 Å². The first kappa shape index (κ1) is 8.53. The van der Waals surface area contributed by atoms with Crippen LogP contribution >= 0.6 is 15.9 Å². The van der Waals surface area contributed by atoms with Crippen LogP contribution in [0.25, 0.3) is 0 Å². The van der Waals surface area contributed by atoms with E-state index in [0.29, 0.717) is 5.69 Å². The number of rotatable bonds is 2. The van der Waals surface area contributed by atoms with Gasteiger partial charge in [-0.1, -0.05) is 6.07 Å². The lowest BCUT2D eigenvalue weighted by Gasteiger charge is -2.05. The van der Waals surface area contributed by atoms with Crippen molar-refractivity contribution < 1.29 is 4.39 Å². The fraction of sp³-hybridized carbons (Fsp3) is 0.250. The summed E-state index contributed by atoms with van der Waals surface area (Å²) in [7, 11) is 0. The van der Waals surface area contributed by atoms with Crippen LogP contribution in [0, 0.1) is 5.82 Å². The van der Waals surface area contributed by atoms with Gasteiger partial charge in [-0.2, -0.15) is 0 Å². The maximum absolute atomic E-state index is 12.9. The Balaban J connectivity index is 3.00. The third-order valence-corrected chi connectivity index (χ3v) is 1.98. The molecule has 0 aliphatic carbocycles. The molecule has 1 aromatic rings. The van der Waals surface area contributed by atoms with Gasteiger partial charge in [-0.25, -0.2) is 4.39 Å². The first-order valence-corrected chi connectivity index (χ1v) is 4.23. The molecule has 1 rings (SSSR count). The molecule has 0 saturated heterocycles. The minimum Gasteiger partial charge on any atom is -0.382 e. The number of benzene rings is 1. The highest BCUT2D eigenvalue weighted by Crippen LogP contribution is 2.24. The lowest BCUT2D eigenvalue weighted by Crippen LogP contribution is -1.99. The van der Waals surface area contributed by atoms with Crippen molar-refractivity contribution >= 4 is 21.6 Å². The molecule has 1 aromatic carbocycles. The van der Waals surface area contributed by atoms with Gasteiger partial charge >= 0.3 is 0 Å². The molecule has 11 heavy (non-hydrogen) atoms. The smallest absolute Gasteiger partial charge is 0.147 e. The predicted octanol–water partition coefficient (Wildman–Crippen LogP) is 3.02. The highest BCUT2D eigenvalue weighted by Gasteiger charge is 2.02. The van der Waals surface area contributed by atoms with Crippen molar-refractivity contribution in [1.29, 1.82) is 0 Å². The van der Waals surface area contributed by atoms with Crippen LogP contribution in [0.4, 0.5) is 10.1 Å². The topological polar surface area (TPSA) is 12.0 Å². The largest absolute Gasteiger partial charge is 0.382 e. The van der Waals surface area contributed by atoms with Gasteiger partial charge in [-0.3, -0.25) is 0 Å². The zero-order valence-corrected chi connectivity index (χ0v) is 7.78. The fourth-order valence-corrected chi connectivity index (χ4v) is 1.33. The van der Waals surface area contributed by atoms with Crippen LogP contribution < -0.4 is 5.32 Å². The Morgan fingerprint density at radius 1 is 1.55 bits per heavy atom. The lowest BCUT2D eigenvalue weighted by atomic mass is 10.3. The van der Waals surface area contributed by atoms with Gasteiger partial charge in [-0.05, 0) is 35.0 Å². The number of anilines is 1. The Labute approximate surface area is 73.7 Å². The Kier molecular flexibility index (Phi) is 2.88. The molecule has 0 saturated carbocycles. The standard InChI is InChI=1S/C8H9BrFN/c1-2-11-8-6(9)4-3-5-7(8)10/h3-5,11H,2H2,1H3. The predicted molar refractivity (Wildman–Crippen MR) is 48.3 cm³/mol. The average Bonchev–Trinajstić information content (AvgIpc) is 1.97. The van der Waals surface area contributed by atoms with Gasteiger partial charge in [0.25, 0.3) is 0 Å². The van der Waals surface area contributed by atoms with Crippen molar-refractivity contribution in [2.75, 3.05) is 11.9 Å². The van der Waals surface area contributed by atoms with Crippen LogP contribution in [0.15, 0.2) is 22.7 Å². The summed E-state index contributed by atoms with van der Waals surface area (Å²) in [6, 6.07) is 4.91. The van der Waals surface area contributed by atoms with Crippen molar-refractivity contribution in [3.8, 4) is 0 Å². The normalized spacial score (nSPS) is 9.73. The molecule has 0 aliphatic heterocycles. The monoisotopic (exact) mass is 217 g/mol. The summed E-state index contributed by atoms with van der Waals surface area (Å²) < 4.78 is 13.7. The quantitative estimate of drug-likeness (QED) is 0.804. The summed E-state index contributed by atoms with van der Waals surface area (Å²) >= 11 is 3.25. The lowest BCUT2D eigenvalue weighted by molar-refractivity contribution is 0.630. The summed E-state index contributed by atoms with van der Waals surface area (Å²) in [4.78, 5) is 0. The Bertz CT molecular complexity index is 230. The highest BCUT2D eigenvalue weighted by molar-refractivity contribution is 9.10. The van der Waals surface area contributed by atoms with Crippen LogP contribution in [0.1, 0.15) is 6.92 Å². The third kappa shape index (κ3) is 1.93. The molecule has 0 atom stereocenters. The second-order valence-electron chi connectivity index (χ2n) is 2.13. The van der Waals surface area contributed by atoms with Gasteiger partial charge in [-0.15, -0.1) is 0 Å². The minimum absolute atomic E-state index is 0.221. The van der Waals surface area contributed by atoms with E-state index in [4.69, 9.17) is 0 Å². The average molecular weight is 218 g/mol. The zero-order valence-electron chi connectivity index (χ0n) is 6.20. The molecule has 0 radical (unpaired) electrons. The van der Waals surface area contributed by atoms with E-state index in [1.54, 1.807) is 12.1 Å². The molecule has 0 aliphatic rings. The summed E-state index contributed by atoms with van der Waals surface area (Å²) in [6.45, 7) is 2.65. The fourth-order valence-electron chi connectivity index (χ4n) is 0.843. The van der Waals surface area contributed by atoms with Gasteiger partial charge < -0.3 is 5.32 Å². The Hall–Kier alpha value is -0.570. The summed E-state index contributed by atoms with van der Waals surface area (Å²) in [5.74, 6) is -0.221. The molecule has 1 N–H and O–H groups in total. The van der Waals surface area contributed by atoms with Crippen LogP contribution in [0.5, 0.6) is 0 Å². The number of hydrogen-bond acceptors (Lipinski definition) is 1. The maximum Gasteiger partial charge on any atom is 0.147 e. The van der Waals surface area contributed by atoms with E-state index >= 15 is 0 Å². The van der Waals surface area contributed by atoms with Crippen LogP contribution in [-0.4, -0.2) is 6.54 Å². The molecule has 0 heterocycles. The second-order valence-corrected chi connectivity index (χ2v) is 2.98. The molecule has 3 heteroatoms. The van der Waals surface area contributed by atoms with E-state index in [-0.39, 0.29) is 5.82 Å². The Morgan fingerprint density at radius 3 is 2.82 bits per heavy atom. The molecular weight excluding hydrogens is 209 g/mol. The minimum atomic E-state index is -0.221. The van der Waals surface area contributed by atoms with Crippen LogP contribution in [0.2, 0.25) is 0 Å². The van der Waals surface area contributed by atoms with E-state index in [1.807, 2.05) is 6.92 Å². The van der Waals surface area contributed by atoms with Gasteiger partial charge in [0.2, 0.25) is 0 Å². The van der Waals surface area contributed by atoms with Crippen LogP contribution in [0.3, 0.4) is 0 Å². The van der Waals surface area contributed by atoms with E-state index in [2.05, 4.69) is 21.2 Å². The van der Waals surface area contributed by atoms with Gasteiger partial charge in [0, 0.05) is 11.0 Å². The molecular formula is C8H9BrFN. The molecule has 0 aromatic heterocycles. The van der Waals surface area contributed by atoms with E-state index in [9.17, 15) is 4.39 Å². The summed E-state index contributed by atoms with van der Waals surface area (Å²) in [6.07, 6.45) is 0. The molecule has 0 unspecified atom stereocenters. The van der Waals surface area contributed by atoms with Crippen molar-refractivity contribution in [3.63, 3.8) is 0 Å². The first-order chi connectivity index (χ1) is 5.25. The van der Waals surface area contributed by atoms with Crippen molar-refractivity contribution in [2.24, 2.45) is 0 Å². The second kappa shape index (κ2) is 3.72. The molecule has 1 nitrogen and oxygen atoms in total. The van der Waals surface area contributed by atoms with E-state index in [1.165, 1.54) is 6.07 Å². The number of nitrogens with one attached hydrogen (secondary N) is 1. The summed E-state index contributed by atoms with van der Waals surface area (Å²) in [5.41, 5.74) is 0.537. The van der Waals surface area contributed by atoms with Crippen molar-refractivity contribution in [3.05, 3.63) is 28.5 Å². The third-order valence-electron chi connectivity index (χ3n) is 1.32. The van der Waals surface area contributed by atoms with Crippen molar-refractivity contribution in [2.45, 2.75) is 6.92 Å². The maximum atomic E-state index is 12.9. The summed E-state index contributed by atoms with van der Waals surface area (Å²) in [5, 5.41) is 2.92. The highest BCUT2D eigenvalue weighted by atomic mass is 79.9. The van der Waals surface area contributed by atoms with Gasteiger partial charge in [0.15, 0.2) is 0 Å². The number of para-hydroxylation sites is 1. The molecule has 0 fully saturated rings. The zero-order chi connectivity index (χ0) is 8.27. The molecule has 60 valence electrons. The van der Waals surface area contributed by atoms with Crippen molar-refractivity contribution in [1.82, 2.24) is 0 Å². The van der Waals surface area contributed by atoms with Gasteiger partial charge in [0.05, 0.1) is 5.69 Å². The van der Waals surface area contributed by atoms with Crippen LogP contribution in [-0.2, 0) is 0 Å². The number of halogens is 2. The molecule has 0 amide bonds. The molecule has 0 bridgehead atoms.